The van der Waals surface area contributed by atoms with Crippen LogP contribution >= 0.6 is 0 Å². The Balaban J connectivity index is 3.11. The minimum atomic E-state index is -1.68. The van der Waals surface area contributed by atoms with Crippen LogP contribution in [0.1, 0.15) is 27.7 Å². The SMILES string of the molecule is CC(=O)OC[C@@H]1O[C@H](O)[C@H](OC(C)=O)[C@@H](OC(C)=O)[C@@H]1OC(C)=O. The lowest BCUT2D eigenvalue weighted by atomic mass is 9.98. The maximum absolute atomic E-state index is 11.3. The van der Waals surface area contributed by atoms with Crippen molar-refractivity contribution >= 4 is 23.9 Å². The lowest BCUT2D eigenvalue weighted by Gasteiger charge is -2.42. The molecule has 0 aliphatic carbocycles. The first-order chi connectivity index (χ1) is 11.1. The molecule has 1 N–H and O–H groups in total. The average molecular weight is 348 g/mol. The number of hydrogen-bond donors (Lipinski definition) is 1. The fourth-order valence-electron chi connectivity index (χ4n) is 2.21. The molecule has 1 fully saturated rings. The first-order valence-electron chi connectivity index (χ1n) is 7.10. The van der Waals surface area contributed by atoms with E-state index in [9.17, 15) is 24.3 Å². The second-order valence-electron chi connectivity index (χ2n) is 5.09. The number of carbonyl (C=O) groups is 4. The molecule has 0 bridgehead atoms. The Morgan fingerprint density at radius 2 is 1.25 bits per heavy atom. The Labute approximate surface area is 137 Å². The van der Waals surface area contributed by atoms with Gasteiger partial charge in [-0.05, 0) is 0 Å². The molecular formula is C14H20O10. The van der Waals surface area contributed by atoms with E-state index < -0.39 is 54.6 Å². The lowest BCUT2D eigenvalue weighted by Crippen LogP contribution is -2.62. The molecule has 5 atom stereocenters. The minimum Gasteiger partial charge on any atom is -0.463 e. The van der Waals surface area contributed by atoms with Gasteiger partial charge in [0.2, 0.25) is 0 Å². The van der Waals surface area contributed by atoms with E-state index in [4.69, 9.17) is 23.7 Å². The van der Waals surface area contributed by atoms with Crippen molar-refractivity contribution in [2.75, 3.05) is 6.61 Å². The molecule has 0 saturated carbocycles. The summed E-state index contributed by atoms with van der Waals surface area (Å²) in [4.78, 5) is 44.9. The monoisotopic (exact) mass is 348 g/mol. The zero-order valence-electron chi connectivity index (χ0n) is 13.7. The number of aliphatic hydroxyl groups excluding tert-OH is 1. The van der Waals surface area contributed by atoms with Gasteiger partial charge in [0.25, 0.3) is 0 Å². The van der Waals surface area contributed by atoms with Gasteiger partial charge in [-0.25, -0.2) is 0 Å². The van der Waals surface area contributed by atoms with Crippen molar-refractivity contribution in [2.24, 2.45) is 0 Å². The fourth-order valence-corrected chi connectivity index (χ4v) is 2.21. The van der Waals surface area contributed by atoms with Gasteiger partial charge in [-0.3, -0.25) is 19.2 Å². The second kappa shape index (κ2) is 8.60. The molecular weight excluding hydrogens is 328 g/mol. The van der Waals surface area contributed by atoms with Crippen molar-refractivity contribution in [3.63, 3.8) is 0 Å². The maximum Gasteiger partial charge on any atom is 0.303 e. The standard InChI is InChI=1S/C14H20O10/c1-6(15)20-5-10-11(21-7(2)16)12(22-8(3)17)13(14(19)24-10)23-9(4)18/h10-14,19H,5H2,1-4H3/t10-,11+,12-,13+,14-/m0/s1. The zero-order valence-corrected chi connectivity index (χ0v) is 13.7. The fraction of sp³-hybridized carbons (Fsp3) is 0.714. The number of ether oxygens (including phenoxy) is 5. The molecule has 1 saturated heterocycles. The van der Waals surface area contributed by atoms with Crippen LogP contribution in [0.2, 0.25) is 0 Å². The zero-order chi connectivity index (χ0) is 18.4. The van der Waals surface area contributed by atoms with E-state index in [0.29, 0.717) is 0 Å². The summed E-state index contributed by atoms with van der Waals surface area (Å²) in [5, 5.41) is 10.0. The molecule has 10 nitrogen and oxygen atoms in total. The largest absolute Gasteiger partial charge is 0.463 e. The highest BCUT2D eigenvalue weighted by Gasteiger charge is 2.51. The van der Waals surface area contributed by atoms with Crippen molar-refractivity contribution < 1.29 is 48.0 Å². The number of rotatable bonds is 5. The van der Waals surface area contributed by atoms with E-state index in [1.165, 1.54) is 0 Å². The van der Waals surface area contributed by atoms with Crippen LogP contribution in [0.4, 0.5) is 0 Å². The first-order valence-corrected chi connectivity index (χ1v) is 7.10. The number of esters is 4. The normalized spacial score (nSPS) is 29.3. The summed E-state index contributed by atoms with van der Waals surface area (Å²) in [6, 6.07) is 0. The van der Waals surface area contributed by atoms with E-state index in [0.717, 1.165) is 27.7 Å². The highest BCUT2D eigenvalue weighted by Crippen LogP contribution is 2.28. The highest BCUT2D eigenvalue weighted by molar-refractivity contribution is 5.68. The van der Waals surface area contributed by atoms with Crippen molar-refractivity contribution in [2.45, 2.75) is 58.4 Å². The molecule has 0 spiro atoms. The van der Waals surface area contributed by atoms with Gasteiger partial charge in [0.15, 0.2) is 24.6 Å². The van der Waals surface area contributed by atoms with Crippen molar-refractivity contribution in [1.29, 1.82) is 0 Å². The third kappa shape index (κ3) is 5.78. The number of aliphatic hydroxyl groups is 1. The van der Waals surface area contributed by atoms with Crippen molar-refractivity contribution in [1.82, 2.24) is 0 Å². The topological polar surface area (TPSA) is 135 Å². The van der Waals surface area contributed by atoms with Crippen LogP contribution in [0.15, 0.2) is 0 Å². The predicted molar refractivity (Wildman–Crippen MR) is 74.2 cm³/mol. The van der Waals surface area contributed by atoms with Gasteiger partial charge in [0.05, 0.1) is 0 Å². The highest BCUT2D eigenvalue weighted by atomic mass is 16.7. The quantitative estimate of drug-likeness (QED) is 0.490. The van der Waals surface area contributed by atoms with Crippen LogP contribution in [-0.2, 0) is 42.9 Å². The Hall–Kier alpha value is -2.20. The first kappa shape index (κ1) is 19.8. The van der Waals surface area contributed by atoms with Crippen LogP contribution in [0.25, 0.3) is 0 Å². The van der Waals surface area contributed by atoms with Crippen LogP contribution in [0.3, 0.4) is 0 Å². The third-order valence-corrected chi connectivity index (χ3v) is 2.97. The molecule has 1 aliphatic heterocycles. The number of hydrogen-bond acceptors (Lipinski definition) is 10. The molecule has 0 aromatic heterocycles. The van der Waals surface area contributed by atoms with E-state index >= 15 is 0 Å². The molecule has 0 aromatic rings. The van der Waals surface area contributed by atoms with Crippen molar-refractivity contribution in [3.05, 3.63) is 0 Å². The van der Waals surface area contributed by atoms with Crippen LogP contribution in [0.5, 0.6) is 0 Å². The second-order valence-corrected chi connectivity index (χ2v) is 5.09. The summed E-state index contributed by atoms with van der Waals surface area (Å²) in [5.41, 5.74) is 0. The van der Waals surface area contributed by atoms with Gasteiger partial charge >= 0.3 is 23.9 Å². The minimum absolute atomic E-state index is 0.366. The predicted octanol–water partition coefficient (Wildman–Crippen LogP) is -0.938. The molecule has 0 radical (unpaired) electrons. The number of carbonyl (C=O) groups excluding carboxylic acids is 4. The smallest absolute Gasteiger partial charge is 0.303 e. The van der Waals surface area contributed by atoms with Crippen molar-refractivity contribution in [3.8, 4) is 0 Å². The summed E-state index contributed by atoms with van der Waals surface area (Å²) >= 11 is 0. The summed E-state index contributed by atoms with van der Waals surface area (Å²) in [5.74, 6) is -2.87. The van der Waals surface area contributed by atoms with Gasteiger partial charge in [-0.15, -0.1) is 0 Å². The van der Waals surface area contributed by atoms with E-state index in [1.54, 1.807) is 0 Å². The molecule has 136 valence electrons. The molecule has 0 amide bonds. The Kier molecular flexibility index (Phi) is 7.11. The van der Waals surface area contributed by atoms with Gasteiger partial charge in [0.1, 0.15) is 12.7 Å². The van der Waals surface area contributed by atoms with Gasteiger partial charge in [0, 0.05) is 27.7 Å². The lowest BCUT2D eigenvalue weighted by molar-refractivity contribution is -0.296. The molecule has 24 heavy (non-hydrogen) atoms. The van der Waals surface area contributed by atoms with Crippen LogP contribution in [0, 0.1) is 0 Å². The maximum atomic E-state index is 11.3. The Morgan fingerprint density at radius 1 is 0.792 bits per heavy atom. The Morgan fingerprint density at radius 3 is 1.71 bits per heavy atom. The van der Waals surface area contributed by atoms with Gasteiger partial charge < -0.3 is 28.8 Å². The average Bonchev–Trinajstić information content (AvgIpc) is 2.42. The van der Waals surface area contributed by atoms with E-state index in [1.807, 2.05) is 0 Å². The molecule has 1 heterocycles. The molecule has 1 rings (SSSR count). The van der Waals surface area contributed by atoms with Gasteiger partial charge in [-0.2, -0.15) is 0 Å². The molecule has 10 heteroatoms. The molecule has 1 aliphatic rings. The molecule has 0 unspecified atom stereocenters. The summed E-state index contributed by atoms with van der Waals surface area (Å²) < 4.78 is 25.0. The van der Waals surface area contributed by atoms with Crippen LogP contribution in [-0.4, -0.2) is 66.3 Å². The van der Waals surface area contributed by atoms with Crippen LogP contribution < -0.4 is 0 Å². The Bertz CT molecular complexity index is 502. The van der Waals surface area contributed by atoms with E-state index in [-0.39, 0.29) is 6.61 Å². The molecule has 0 aromatic carbocycles. The summed E-state index contributed by atoms with van der Waals surface area (Å²) in [6.07, 6.45) is -6.79. The van der Waals surface area contributed by atoms with E-state index in [2.05, 4.69) is 0 Å². The summed E-state index contributed by atoms with van der Waals surface area (Å²) in [7, 11) is 0. The third-order valence-electron chi connectivity index (χ3n) is 2.97. The summed E-state index contributed by atoms with van der Waals surface area (Å²) in [6.45, 7) is 4.09. The van der Waals surface area contributed by atoms with Gasteiger partial charge in [-0.1, -0.05) is 0 Å².